The van der Waals surface area contributed by atoms with E-state index in [0.29, 0.717) is 44.3 Å². The lowest BCUT2D eigenvalue weighted by Gasteiger charge is -2.21. The Balaban J connectivity index is 2.03. The minimum absolute atomic E-state index is 0.178. The highest BCUT2D eigenvalue weighted by Crippen LogP contribution is 2.23. The van der Waals surface area contributed by atoms with Crippen molar-refractivity contribution >= 4 is 11.9 Å². The maximum absolute atomic E-state index is 11.7. The van der Waals surface area contributed by atoms with Crippen molar-refractivity contribution in [3.8, 4) is 0 Å². The second-order valence-corrected chi connectivity index (χ2v) is 7.14. The number of unbranched alkanes of at least 4 members (excludes halogenated alkanes) is 1. The van der Waals surface area contributed by atoms with E-state index in [-0.39, 0.29) is 11.9 Å². The van der Waals surface area contributed by atoms with Crippen LogP contribution in [0.3, 0.4) is 0 Å². The van der Waals surface area contributed by atoms with Gasteiger partial charge >= 0.3 is 11.9 Å². The first kappa shape index (κ1) is 21.0. The molecule has 0 saturated heterocycles. The molecule has 4 heteroatoms. The molecule has 4 nitrogen and oxygen atoms in total. The predicted octanol–water partition coefficient (Wildman–Crippen LogP) is 5.04. The molecule has 0 bridgehead atoms. The van der Waals surface area contributed by atoms with Crippen LogP contribution in [-0.2, 0) is 19.1 Å². The van der Waals surface area contributed by atoms with Crippen molar-refractivity contribution in [3.63, 3.8) is 0 Å². The summed E-state index contributed by atoms with van der Waals surface area (Å²) in [6, 6.07) is 0. The minimum Gasteiger partial charge on any atom is -0.465 e. The van der Waals surface area contributed by atoms with Crippen LogP contribution in [0.25, 0.3) is 0 Å². The molecule has 0 aromatic carbocycles. The molecule has 0 aliphatic heterocycles. The van der Waals surface area contributed by atoms with Crippen LogP contribution in [0.15, 0.2) is 0 Å². The Morgan fingerprint density at radius 2 is 1.62 bits per heavy atom. The number of hydrogen-bond acceptors (Lipinski definition) is 4. The van der Waals surface area contributed by atoms with E-state index in [1.807, 2.05) is 0 Å². The van der Waals surface area contributed by atoms with Crippen LogP contribution in [0.5, 0.6) is 0 Å². The molecule has 1 fully saturated rings. The topological polar surface area (TPSA) is 52.6 Å². The summed E-state index contributed by atoms with van der Waals surface area (Å²) in [5.74, 6) is 0.643. The second-order valence-electron chi connectivity index (χ2n) is 7.14. The van der Waals surface area contributed by atoms with E-state index in [4.69, 9.17) is 9.47 Å². The molecule has 0 aromatic rings. The van der Waals surface area contributed by atoms with Gasteiger partial charge < -0.3 is 9.47 Å². The smallest absolute Gasteiger partial charge is 0.305 e. The number of esters is 2. The highest BCUT2D eigenvalue weighted by atomic mass is 16.5. The molecule has 1 aliphatic carbocycles. The van der Waals surface area contributed by atoms with Gasteiger partial charge in [-0.3, -0.25) is 9.59 Å². The van der Waals surface area contributed by atoms with E-state index < -0.39 is 0 Å². The molecule has 0 amide bonds. The van der Waals surface area contributed by atoms with Crippen LogP contribution in [0, 0.1) is 11.8 Å². The van der Waals surface area contributed by atoms with Crippen molar-refractivity contribution in [1.29, 1.82) is 0 Å². The van der Waals surface area contributed by atoms with Gasteiger partial charge in [0.1, 0.15) is 0 Å². The van der Waals surface area contributed by atoms with Crippen LogP contribution in [0.4, 0.5) is 0 Å². The van der Waals surface area contributed by atoms with E-state index in [9.17, 15) is 9.59 Å². The van der Waals surface area contributed by atoms with Gasteiger partial charge in [0.25, 0.3) is 0 Å². The standard InChI is InChI=1S/C20H36O4/c1-3-5-10-17(4-2)15-23-19(21)13-9-14-20(22)24-16-18-11-7-6-8-12-18/h17-18H,3-16H2,1-2H3. The average molecular weight is 341 g/mol. The molecule has 1 unspecified atom stereocenters. The molecule has 0 spiro atoms. The predicted molar refractivity (Wildman–Crippen MR) is 95.7 cm³/mol. The van der Waals surface area contributed by atoms with Crippen molar-refractivity contribution in [1.82, 2.24) is 0 Å². The number of hydrogen-bond donors (Lipinski definition) is 0. The van der Waals surface area contributed by atoms with Gasteiger partial charge in [-0.2, -0.15) is 0 Å². The molecule has 0 N–H and O–H groups in total. The summed E-state index contributed by atoms with van der Waals surface area (Å²) in [6.45, 7) is 5.38. The number of carbonyl (C=O) groups excluding carboxylic acids is 2. The van der Waals surface area contributed by atoms with Crippen LogP contribution >= 0.6 is 0 Å². The Kier molecular flexibility index (Phi) is 11.6. The number of carbonyl (C=O) groups is 2. The Hall–Kier alpha value is -1.06. The fourth-order valence-electron chi connectivity index (χ4n) is 3.19. The maximum Gasteiger partial charge on any atom is 0.305 e. The Morgan fingerprint density at radius 1 is 0.958 bits per heavy atom. The Labute approximate surface area is 147 Å². The fourth-order valence-corrected chi connectivity index (χ4v) is 3.19. The fraction of sp³-hybridized carbons (Fsp3) is 0.900. The molecule has 24 heavy (non-hydrogen) atoms. The highest BCUT2D eigenvalue weighted by Gasteiger charge is 2.16. The summed E-state index contributed by atoms with van der Waals surface area (Å²) >= 11 is 0. The van der Waals surface area contributed by atoms with Crippen LogP contribution < -0.4 is 0 Å². The first-order valence-corrected chi connectivity index (χ1v) is 9.96. The lowest BCUT2D eigenvalue weighted by Crippen LogP contribution is -2.17. The van der Waals surface area contributed by atoms with E-state index in [2.05, 4.69) is 13.8 Å². The largest absolute Gasteiger partial charge is 0.465 e. The van der Waals surface area contributed by atoms with Crippen molar-refractivity contribution < 1.29 is 19.1 Å². The van der Waals surface area contributed by atoms with Gasteiger partial charge in [0.2, 0.25) is 0 Å². The van der Waals surface area contributed by atoms with Crippen molar-refractivity contribution in [2.24, 2.45) is 11.8 Å². The quantitative estimate of drug-likeness (QED) is 0.467. The third kappa shape index (κ3) is 9.94. The molecule has 1 atom stereocenters. The average Bonchev–Trinajstić information content (AvgIpc) is 2.61. The van der Waals surface area contributed by atoms with Crippen LogP contribution in [0.2, 0.25) is 0 Å². The molecular weight excluding hydrogens is 304 g/mol. The third-order valence-corrected chi connectivity index (χ3v) is 4.99. The summed E-state index contributed by atoms with van der Waals surface area (Å²) in [7, 11) is 0. The summed E-state index contributed by atoms with van der Waals surface area (Å²) in [6.07, 6.45) is 11.8. The molecular formula is C20H36O4. The van der Waals surface area contributed by atoms with Gasteiger partial charge in [0, 0.05) is 12.8 Å². The number of ether oxygens (including phenoxy) is 2. The molecule has 0 aromatic heterocycles. The SMILES string of the molecule is CCCCC(CC)COC(=O)CCCC(=O)OCC1CCCCC1. The third-order valence-electron chi connectivity index (χ3n) is 4.99. The lowest BCUT2D eigenvalue weighted by atomic mass is 9.90. The molecule has 140 valence electrons. The summed E-state index contributed by atoms with van der Waals surface area (Å²) < 4.78 is 10.7. The summed E-state index contributed by atoms with van der Waals surface area (Å²) in [5, 5.41) is 0. The molecule has 1 aliphatic rings. The van der Waals surface area contributed by atoms with Gasteiger partial charge in [-0.05, 0) is 37.5 Å². The van der Waals surface area contributed by atoms with Gasteiger partial charge in [0.15, 0.2) is 0 Å². The van der Waals surface area contributed by atoms with E-state index in [1.54, 1.807) is 0 Å². The van der Waals surface area contributed by atoms with Crippen LogP contribution in [-0.4, -0.2) is 25.2 Å². The van der Waals surface area contributed by atoms with Gasteiger partial charge in [-0.25, -0.2) is 0 Å². The van der Waals surface area contributed by atoms with Crippen molar-refractivity contribution in [3.05, 3.63) is 0 Å². The first-order valence-electron chi connectivity index (χ1n) is 9.96. The second kappa shape index (κ2) is 13.3. The summed E-state index contributed by atoms with van der Waals surface area (Å²) in [5.41, 5.74) is 0. The zero-order valence-electron chi connectivity index (χ0n) is 15.7. The van der Waals surface area contributed by atoms with Gasteiger partial charge in [0.05, 0.1) is 13.2 Å². The molecule has 1 saturated carbocycles. The minimum atomic E-state index is -0.190. The number of rotatable bonds is 12. The van der Waals surface area contributed by atoms with E-state index in [1.165, 1.54) is 44.9 Å². The molecule has 1 rings (SSSR count). The molecule has 0 radical (unpaired) electrons. The van der Waals surface area contributed by atoms with Gasteiger partial charge in [-0.1, -0.05) is 52.4 Å². The van der Waals surface area contributed by atoms with E-state index in [0.717, 1.165) is 12.8 Å². The summed E-state index contributed by atoms with van der Waals surface area (Å²) in [4.78, 5) is 23.5. The monoisotopic (exact) mass is 340 g/mol. The first-order chi connectivity index (χ1) is 11.7. The normalized spacial score (nSPS) is 16.6. The molecule has 0 heterocycles. The van der Waals surface area contributed by atoms with Crippen molar-refractivity contribution in [2.75, 3.05) is 13.2 Å². The van der Waals surface area contributed by atoms with Crippen LogP contribution in [0.1, 0.15) is 90.9 Å². The van der Waals surface area contributed by atoms with Crippen molar-refractivity contribution in [2.45, 2.75) is 90.9 Å². The van der Waals surface area contributed by atoms with Gasteiger partial charge in [-0.15, -0.1) is 0 Å². The highest BCUT2D eigenvalue weighted by molar-refractivity contribution is 5.72. The Morgan fingerprint density at radius 3 is 2.25 bits per heavy atom. The Bertz CT molecular complexity index is 348. The zero-order chi connectivity index (χ0) is 17.6. The maximum atomic E-state index is 11.7. The lowest BCUT2D eigenvalue weighted by molar-refractivity contribution is -0.147. The van der Waals surface area contributed by atoms with E-state index >= 15 is 0 Å². The zero-order valence-corrected chi connectivity index (χ0v) is 15.7.